The van der Waals surface area contributed by atoms with Crippen LogP contribution >= 0.6 is 11.3 Å². The molecule has 0 unspecified atom stereocenters. The summed E-state index contributed by atoms with van der Waals surface area (Å²) in [4.78, 5) is 6.32. The highest BCUT2D eigenvalue weighted by molar-refractivity contribution is 7.09. The molecule has 0 bridgehead atoms. The molecule has 0 aliphatic carbocycles. The molecule has 4 nitrogen and oxygen atoms in total. The van der Waals surface area contributed by atoms with Crippen LogP contribution in [0.5, 0.6) is 5.75 Å². The molecule has 0 N–H and O–H groups in total. The molecule has 0 fully saturated rings. The molecule has 20 heavy (non-hydrogen) atoms. The van der Waals surface area contributed by atoms with Crippen LogP contribution in [0.2, 0.25) is 0 Å². The lowest BCUT2D eigenvalue weighted by Crippen LogP contribution is -2.18. The summed E-state index contributed by atoms with van der Waals surface area (Å²) >= 11 is 1.51. The third-order valence-electron chi connectivity index (χ3n) is 2.55. The van der Waals surface area contributed by atoms with Gasteiger partial charge in [-0.3, -0.25) is 4.90 Å². The lowest BCUT2D eigenvalue weighted by atomic mass is 10.3. The minimum Gasteiger partial charge on any atom is -0.486 e. The van der Waals surface area contributed by atoms with Crippen LogP contribution in [-0.4, -0.2) is 23.5 Å². The van der Waals surface area contributed by atoms with E-state index in [0.717, 1.165) is 10.7 Å². The van der Waals surface area contributed by atoms with Crippen molar-refractivity contribution in [2.24, 2.45) is 0 Å². The summed E-state index contributed by atoms with van der Waals surface area (Å²) < 4.78 is 18.3. The highest BCUT2D eigenvalue weighted by Crippen LogP contribution is 2.16. The number of halogens is 1. The van der Waals surface area contributed by atoms with Crippen molar-refractivity contribution in [2.45, 2.75) is 13.2 Å². The molecule has 0 radical (unpaired) electrons. The Morgan fingerprint density at radius 1 is 1.40 bits per heavy atom. The highest BCUT2D eigenvalue weighted by Gasteiger charge is 2.06. The monoisotopic (exact) mass is 291 g/mol. The van der Waals surface area contributed by atoms with Gasteiger partial charge in [0.1, 0.15) is 23.2 Å². The maximum atomic E-state index is 12.7. The first kappa shape index (κ1) is 14.4. The third-order valence-corrected chi connectivity index (χ3v) is 3.42. The number of nitriles is 1. The van der Waals surface area contributed by atoms with Crippen LogP contribution in [0.3, 0.4) is 0 Å². The van der Waals surface area contributed by atoms with Gasteiger partial charge in [0.05, 0.1) is 18.3 Å². The van der Waals surface area contributed by atoms with Crippen LogP contribution in [-0.2, 0) is 13.2 Å². The fourth-order valence-electron chi connectivity index (χ4n) is 1.62. The number of hydrogen-bond donors (Lipinski definition) is 0. The highest BCUT2D eigenvalue weighted by atomic mass is 32.1. The molecule has 6 heteroatoms. The van der Waals surface area contributed by atoms with Crippen molar-refractivity contribution in [1.82, 2.24) is 9.88 Å². The molecule has 104 valence electrons. The zero-order chi connectivity index (χ0) is 14.4. The fraction of sp³-hybridized carbons (Fsp3) is 0.286. The zero-order valence-corrected chi connectivity index (χ0v) is 11.9. The molecule has 1 heterocycles. The van der Waals surface area contributed by atoms with Gasteiger partial charge in [-0.1, -0.05) is 0 Å². The van der Waals surface area contributed by atoms with E-state index in [-0.39, 0.29) is 5.82 Å². The van der Waals surface area contributed by atoms with Crippen molar-refractivity contribution < 1.29 is 9.13 Å². The van der Waals surface area contributed by atoms with Crippen molar-refractivity contribution in [1.29, 1.82) is 5.26 Å². The number of rotatable bonds is 6. The van der Waals surface area contributed by atoms with Gasteiger partial charge in [-0.05, 0) is 31.3 Å². The third kappa shape index (κ3) is 4.30. The van der Waals surface area contributed by atoms with Gasteiger partial charge in [0.2, 0.25) is 0 Å². The first-order valence-electron chi connectivity index (χ1n) is 6.04. The van der Waals surface area contributed by atoms with Gasteiger partial charge in [-0.2, -0.15) is 5.26 Å². The number of aromatic nitrogens is 1. The van der Waals surface area contributed by atoms with Gasteiger partial charge in [-0.15, -0.1) is 11.3 Å². The second-order valence-electron chi connectivity index (χ2n) is 4.31. The van der Waals surface area contributed by atoms with Crippen LogP contribution < -0.4 is 4.74 Å². The average Bonchev–Trinajstić information content (AvgIpc) is 2.86. The Labute approximate surface area is 121 Å². The summed E-state index contributed by atoms with van der Waals surface area (Å²) in [7, 11) is 1.87. The van der Waals surface area contributed by atoms with Crippen LogP contribution in [0.1, 0.15) is 10.7 Å². The smallest absolute Gasteiger partial charge is 0.140 e. The number of thiazole rings is 1. The second-order valence-corrected chi connectivity index (χ2v) is 5.25. The average molecular weight is 291 g/mol. The van der Waals surface area contributed by atoms with Crippen LogP contribution in [0.15, 0.2) is 29.6 Å². The molecule has 0 amide bonds. The Hall–Kier alpha value is -1.97. The summed E-state index contributed by atoms with van der Waals surface area (Å²) in [5, 5.41) is 11.4. The standard InChI is InChI=1S/C14H14FN3OS/c1-18(7-6-16)8-12-10-20-14(17-12)9-19-13-4-2-11(15)3-5-13/h2-5,10H,7-9H2,1H3. The van der Waals surface area contributed by atoms with Crippen molar-refractivity contribution in [3.63, 3.8) is 0 Å². The Balaban J connectivity index is 1.86. The van der Waals surface area contributed by atoms with E-state index in [1.54, 1.807) is 12.1 Å². The van der Waals surface area contributed by atoms with Crippen molar-refractivity contribution in [2.75, 3.05) is 13.6 Å². The van der Waals surface area contributed by atoms with Crippen molar-refractivity contribution in [3.05, 3.63) is 46.2 Å². The number of ether oxygens (including phenoxy) is 1. The fourth-order valence-corrected chi connectivity index (χ4v) is 2.31. The number of nitrogens with zero attached hydrogens (tertiary/aromatic N) is 3. The van der Waals surface area contributed by atoms with E-state index < -0.39 is 0 Å². The van der Waals surface area contributed by atoms with E-state index in [9.17, 15) is 4.39 Å². The normalized spacial score (nSPS) is 10.5. The molecule has 0 saturated heterocycles. The molecule has 1 aromatic heterocycles. The first-order valence-corrected chi connectivity index (χ1v) is 6.92. The molecule has 0 aliphatic heterocycles. The minimum absolute atomic E-state index is 0.283. The van der Waals surface area contributed by atoms with E-state index in [1.165, 1.54) is 23.5 Å². The molecular formula is C14H14FN3OS. The van der Waals surface area contributed by atoms with Crippen molar-refractivity contribution in [3.8, 4) is 11.8 Å². The quantitative estimate of drug-likeness (QED) is 0.768. The van der Waals surface area contributed by atoms with E-state index >= 15 is 0 Å². The van der Waals surface area contributed by atoms with E-state index in [4.69, 9.17) is 10.00 Å². The molecule has 0 saturated carbocycles. The second kappa shape index (κ2) is 6.98. The summed E-state index contributed by atoms with van der Waals surface area (Å²) in [6, 6.07) is 7.99. The van der Waals surface area contributed by atoms with Crippen LogP contribution in [0.4, 0.5) is 4.39 Å². The summed E-state index contributed by atoms with van der Waals surface area (Å²) in [5.74, 6) is 0.333. The van der Waals surface area contributed by atoms with Crippen molar-refractivity contribution >= 4 is 11.3 Å². The van der Waals surface area contributed by atoms with Gasteiger partial charge in [0.15, 0.2) is 0 Å². The molecule has 2 rings (SSSR count). The lowest BCUT2D eigenvalue weighted by molar-refractivity contribution is 0.303. The van der Waals surface area contributed by atoms with Gasteiger partial charge in [-0.25, -0.2) is 9.37 Å². The predicted molar refractivity (Wildman–Crippen MR) is 74.8 cm³/mol. The van der Waals surface area contributed by atoms with Crippen LogP contribution in [0, 0.1) is 17.1 Å². The van der Waals surface area contributed by atoms with Gasteiger partial charge in [0.25, 0.3) is 0 Å². The Morgan fingerprint density at radius 2 is 2.15 bits per heavy atom. The van der Waals surface area contributed by atoms with E-state index in [0.29, 0.717) is 25.4 Å². The SMILES string of the molecule is CN(CC#N)Cc1csc(COc2ccc(F)cc2)n1. The molecule has 0 spiro atoms. The first-order chi connectivity index (χ1) is 9.67. The minimum atomic E-state index is -0.283. The molecule has 0 atom stereocenters. The maximum absolute atomic E-state index is 12.7. The lowest BCUT2D eigenvalue weighted by Gasteiger charge is -2.09. The Kier molecular flexibility index (Phi) is 5.04. The van der Waals surface area contributed by atoms with Gasteiger partial charge >= 0.3 is 0 Å². The summed E-state index contributed by atoms with van der Waals surface area (Å²) in [5.41, 5.74) is 0.922. The molecule has 1 aromatic carbocycles. The topological polar surface area (TPSA) is 49.2 Å². The van der Waals surface area contributed by atoms with Crippen LogP contribution in [0.25, 0.3) is 0 Å². The molecule has 0 aliphatic rings. The van der Waals surface area contributed by atoms with E-state index in [1.807, 2.05) is 17.3 Å². The molecule has 2 aromatic rings. The number of hydrogen-bond acceptors (Lipinski definition) is 5. The van der Waals surface area contributed by atoms with E-state index in [2.05, 4.69) is 11.1 Å². The Morgan fingerprint density at radius 3 is 2.85 bits per heavy atom. The van der Waals surface area contributed by atoms with Gasteiger partial charge < -0.3 is 4.74 Å². The summed E-state index contributed by atoms with van der Waals surface area (Å²) in [6.07, 6.45) is 0. The largest absolute Gasteiger partial charge is 0.486 e. The summed E-state index contributed by atoms with van der Waals surface area (Å²) in [6.45, 7) is 1.37. The maximum Gasteiger partial charge on any atom is 0.140 e. The zero-order valence-electron chi connectivity index (χ0n) is 11.0. The molecular weight excluding hydrogens is 277 g/mol. The number of benzene rings is 1. The Bertz CT molecular complexity index is 591. The van der Waals surface area contributed by atoms with Gasteiger partial charge in [0, 0.05) is 11.9 Å². The predicted octanol–water partition coefficient (Wildman–Crippen LogP) is 2.82.